The first-order valence-corrected chi connectivity index (χ1v) is 8.25. The minimum Gasteiger partial charge on any atom is -0.465 e. The molecular formula is C16H19F7O2. The van der Waals surface area contributed by atoms with Gasteiger partial charge in [-0.15, -0.1) is 0 Å². The molecule has 9 heteroatoms. The lowest BCUT2D eigenvalue weighted by atomic mass is 9.90. The molecule has 4 rings (SSSR count). The molecule has 6 atom stereocenters. The maximum Gasteiger partial charge on any atom is 0.453 e. The number of carbonyl (C=O) groups is 1. The monoisotopic (exact) mass is 376 g/mol. The molecule has 0 aromatic carbocycles. The van der Waals surface area contributed by atoms with E-state index >= 15 is 0 Å². The van der Waals surface area contributed by atoms with Crippen LogP contribution in [0.15, 0.2) is 0 Å². The number of ether oxygens (including phenoxy) is 1. The Balaban J connectivity index is 1.53. The average molecular weight is 376 g/mol. The zero-order valence-corrected chi connectivity index (χ0v) is 13.7. The number of hydrogen-bond donors (Lipinski definition) is 0. The first-order valence-electron chi connectivity index (χ1n) is 8.25. The van der Waals surface area contributed by atoms with Crippen molar-refractivity contribution in [3.8, 4) is 0 Å². The summed E-state index contributed by atoms with van der Waals surface area (Å²) in [6, 6.07) is 0. The van der Waals surface area contributed by atoms with Gasteiger partial charge in [0.2, 0.25) is 0 Å². The highest BCUT2D eigenvalue weighted by Crippen LogP contribution is 2.83. The Morgan fingerprint density at radius 1 is 1.12 bits per heavy atom. The van der Waals surface area contributed by atoms with Crippen molar-refractivity contribution in [2.45, 2.75) is 51.1 Å². The van der Waals surface area contributed by atoms with Crippen molar-refractivity contribution >= 4 is 5.97 Å². The van der Waals surface area contributed by atoms with E-state index in [1.807, 2.05) is 13.8 Å². The molecule has 0 N–H and O–H groups in total. The molecule has 0 spiro atoms. The third-order valence-corrected chi connectivity index (χ3v) is 6.60. The number of hydrogen-bond acceptors (Lipinski definition) is 2. The Bertz CT molecular complexity index is 569. The molecule has 0 saturated heterocycles. The number of carbonyl (C=O) groups excluding carboxylic acids is 1. The Morgan fingerprint density at radius 3 is 2.12 bits per heavy atom. The number of rotatable bonds is 6. The molecule has 6 unspecified atom stereocenters. The van der Waals surface area contributed by atoms with Crippen LogP contribution in [0.3, 0.4) is 0 Å². The zero-order chi connectivity index (χ0) is 19.0. The molecule has 144 valence electrons. The predicted octanol–water partition coefficient (Wildman–Crippen LogP) is 4.68. The van der Waals surface area contributed by atoms with Gasteiger partial charge >= 0.3 is 18.1 Å². The highest BCUT2D eigenvalue weighted by Gasteiger charge is 2.84. The number of esters is 1. The quantitative estimate of drug-likeness (QED) is 0.497. The van der Waals surface area contributed by atoms with Gasteiger partial charge in [0, 0.05) is 6.42 Å². The van der Waals surface area contributed by atoms with Crippen molar-refractivity contribution in [1.82, 2.24) is 0 Å². The van der Waals surface area contributed by atoms with Crippen LogP contribution in [-0.4, -0.2) is 30.6 Å². The smallest absolute Gasteiger partial charge is 0.453 e. The van der Waals surface area contributed by atoms with Crippen molar-refractivity contribution in [1.29, 1.82) is 0 Å². The Labute approximate surface area is 140 Å². The van der Waals surface area contributed by atoms with E-state index in [1.54, 1.807) is 0 Å². The third-order valence-electron chi connectivity index (χ3n) is 6.60. The Morgan fingerprint density at radius 2 is 1.72 bits per heavy atom. The van der Waals surface area contributed by atoms with Gasteiger partial charge in [-0.05, 0) is 36.0 Å². The lowest BCUT2D eigenvalue weighted by Crippen LogP contribution is -2.42. The molecule has 4 saturated carbocycles. The normalized spacial score (nSPS) is 39.6. The second-order valence-corrected chi connectivity index (χ2v) is 7.73. The van der Waals surface area contributed by atoms with Gasteiger partial charge in [0.25, 0.3) is 5.92 Å². The van der Waals surface area contributed by atoms with Crippen LogP contribution in [0, 0.1) is 35.0 Å². The van der Waals surface area contributed by atoms with E-state index in [-0.39, 0.29) is 17.8 Å². The van der Waals surface area contributed by atoms with Crippen LogP contribution in [0.5, 0.6) is 0 Å². The summed E-state index contributed by atoms with van der Waals surface area (Å²) >= 11 is 0. The number of alkyl halides is 7. The summed E-state index contributed by atoms with van der Waals surface area (Å²) in [4.78, 5) is 12.3. The van der Waals surface area contributed by atoms with Gasteiger partial charge in [0.05, 0.1) is 18.4 Å². The van der Waals surface area contributed by atoms with Crippen molar-refractivity contribution in [2.75, 3.05) is 6.61 Å². The van der Waals surface area contributed by atoms with Crippen LogP contribution >= 0.6 is 0 Å². The third kappa shape index (κ3) is 2.55. The molecule has 0 heterocycles. The van der Waals surface area contributed by atoms with E-state index in [2.05, 4.69) is 0 Å². The van der Waals surface area contributed by atoms with Gasteiger partial charge in [-0.25, -0.2) is 8.78 Å². The molecule has 4 bridgehead atoms. The molecule has 0 aliphatic heterocycles. The standard InChI is InChI=1S/C16H19F7O2/c1-7-9-5-10-11(7)15(10,8(9)2)12(24)25-4-3-13(17,18)6-14(19,20)16(21,22)23/h7-11H,3-6H2,1-2H3. The summed E-state index contributed by atoms with van der Waals surface area (Å²) in [5.41, 5.74) is -0.657. The second kappa shape index (κ2) is 5.25. The van der Waals surface area contributed by atoms with Crippen LogP contribution in [0.2, 0.25) is 0 Å². The molecule has 0 radical (unpaired) electrons. The summed E-state index contributed by atoms with van der Waals surface area (Å²) in [6.45, 7) is 3.10. The maximum absolute atomic E-state index is 13.4. The van der Waals surface area contributed by atoms with E-state index in [0.717, 1.165) is 6.42 Å². The summed E-state index contributed by atoms with van der Waals surface area (Å²) in [6.07, 6.45) is -9.14. The maximum atomic E-state index is 13.4. The minimum atomic E-state index is -6.04. The Hall–Kier alpha value is -1.02. The molecule has 0 aromatic heterocycles. The van der Waals surface area contributed by atoms with Crippen LogP contribution in [0.1, 0.15) is 33.1 Å². The lowest BCUT2D eigenvalue weighted by Gasteiger charge is -2.25. The first kappa shape index (κ1) is 18.8. The van der Waals surface area contributed by atoms with E-state index in [1.165, 1.54) is 0 Å². The fourth-order valence-electron chi connectivity index (χ4n) is 5.49. The molecule has 0 amide bonds. The van der Waals surface area contributed by atoms with Gasteiger partial charge in [0.15, 0.2) is 0 Å². The van der Waals surface area contributed by atoms with Crippen molar-refractivity contribution in [3.63, 3.8) is 0 Å². The Kier molecular flexibility index (Phi) is 3.94. The van der Waals surface area contributed by atoms with Crippen LogP contribution in [-0.2, 0) is 9.53 Å². The van der Waals surface area contributed by atoms with E-state index in [0.29, 0.717) is 11.8 Å². The van der Waals surface area contributed by atoms with Crippen LogP contribution in [0.4, 0.5) is 30.7 Å². The first-order chi connectivity index (χ1) is 11.3. The van der Waals surface area contributed by atoms with E-state index in [4.69, 9.17) is 4.74 Å². The van der Waals surface area contributed by atoms with Crippen LogP contribution in [0.25, 0.3) is 0 Å². The minimum absolute atomic E-state index is 0.0834. The SMILES string of the molecule is CC1C2CC3C1C3(C(=O)OCCC(F)(F)CC(F)(F)C(F)(F)F)C2C. The number of halogens is 7. The highest BCUT2D eigenvalue weighted by molar-refractivity contribution is 5.84. The van der Waals surface area contributed by atoms with Crippen LogP contribution < -0.4 is 0 Å². The van der Waals surface area contributed by atoms with E-state index < -0.39 is 48.9 Å². The molecular weight excluding hydrogens is 357 g/mol. The topological polar surface area (TPSA) is 26.3 Å². The molecule has 4 aliphatic rings. The van der Waals surface area contributed by atoms with Gasteiger partial charge in [0.1, 0.15) is 0 Å². The zero-order valence-electron chi connectivity index (χ0n) is 13.7. The second-order valence-electron chi connectivity index (χ2n) is 7.73. The highest BCUT2D eigenvalue weighted by atomic mass is 19.4. The summed E-state index contributed by atoms with van der Waals surface area (Å²) < 4.78 is 93.4. The van der Waals surface area contributed by atoms with Crippen molar-refractivity contribution in [3.05, 3.63) is 0 Å². The van der Waals surface area contributed by atoms with Gasteiger partial charge < -0.3 is 4.74 Å². The van der Waals surface area contributed by atoms with E-state index in [9.17, 15) is 35.5 Å². The molecule has 4 fully saturated rings. The lowest BCUT2D eigenvalue weighted by molar-refractivity contribution is -0.301. The molecule has 25 heavy (non-hydrogen) atoms. The van der Waals surface area contributed by atoms with Gasteiger partial charge in [-0.1, -0.05) is 13.8 Å². The summed E-state index contributed by atoms with van der Waals surface area (Å²) in [5.74, 6) is -9.18. The van der Waals surface area contributed by atoms with Crippen molar-refractivity contribution in [2.24, 2.45) is 35.0 Å². The average Bonchev–Trinajstić information content (AvgIpc) is 2.72. The van der Waals surface area contributed by atoms with Crippen molar-refractivity contribution < 1.29 is 40.3 Å². The summed E-state index contributed by atoms with van der Waals surface area (Å²) in [5, 5.41) is 0. The molecule has 4 aliphatic carbocycles. The van der Waals surface area contributed by atoms with Gasteiger partial charge in [-0.3, -0.25) is 4.79 Å². The fourth-order valence-corrected chi connectivity index (χ4v) is 5.49. The largest absolute Gasteiger partial charge is 0.465 e. The molecule has 2 nitrogen and oxygen atoms in total. The predicted molar refractivity (Wildman–Crippen MR) is 72.0 cm³/mol. The van der Waals surface area contributed by atoms with Gasteiger partial charge in [-0.2, -0.15) is 22.0 Å². The fraction of sp³-hybridized carbons (Fsp3) is 0.938. The molecule has 0 aromatic rings. The summed E-state index contributed by atoms with van der Waals surface area (Å²) in [7, 11) is 0.